The van der Waals surface area contributed by atoms with Gasteiger partial charge in [-0.15, -0.1) is 0 Å². The molecule has 26 heavy (non-hydrogen) atoms. The zero-order chi connectivity index (χ0) is 18.3. The first-order chi connectivity index (χ1) is 12.6. The fraction of sp³-hybridized carbons (Fsp3) is 0.105. The van der Waals surface area contributed by atoms with Crippen molar-refractivity contribution in [2.75, 3.05) is 14.2 Å². The minimum Gasteiger partial charge on any atom is -0.493 e. The van der Waals surface area contributed by atoms with Crippen molar-refractivity contribution in [1.82, 2.24) is 9.55 Å². The van der Waals surface area contributed by atoms with Gasteiger partial charge in [-0.2, -0.15) is 0 Å². The number of nitrogens with zero attached hydrogens (tertiary/aromatic N) is 3. The Bertz CT molecular complexity index is 1150. The van der Waals surface area contributed by atoms with Crippen molar-refractivity contribution in [1.29, 1.82) is 0 Å². The second-order valence-corrected chi connectivity index (χ2v) is 5.74. The number of aromatic nitrogens is 2. The Hall–Kier alpha value is -3.61. The monoisotopic (exact) mass is 349 g/mol. The number of methoxy groups -OCH3 is 2. The van der Waals surface area contributed by atoms with Crippen LogP contribution in [0.4, 0.5) is 5.69 Å². The Balaban J connectivity index is 1.97. The summed E-state index contributed by atoms with van der Waals surface area (Å²) in [4.78, 5) is 15.0. The lowest BCUT2D eigenvalue weighted by Crippen LogP contribution is -1.97. The average Bonchev–Trinajstić information content (AvgIpc) is 3.09. The summed E-state index contributed by atoms with van der Waals surface area (Å²) in [6, 6.07) is 12.3. The van der Waals surface area contributed by atoms with E-state index in [9.17, 15) is 10.1 Å². The zero-order valence-electron chi connectivity index (χ0n) is 14.2. The average molecular weight is 349 g/mol. The first-order valence-electron chi connectivity index (χ1n) is 7.89. The fourth-order valence-corrected chi connectivity index (χ4v) is 3.12. The maximum absolute atomic E-state index is 11.0. The molecule has 0 radical (unpaired) electrons. The van der Waals surface area contributed by atoms with Crippen molar-refractivity contribution >= 4 is 27.5 Å². The zero-order valence-corrected chi connectivity index (χ0v) is 14.2. The summed E-state index contributed by atoms with van der Waals surface area (Å²) in [6.45, 7) is 0. The molecule has 0 aliphatic rings. The lowest BCUT2D eigenvalue weighted by molar-refractivity contribution is -0.384. The third-order valence-corrected chi connectivity index (χ3v) is 4.37. The van der Waals surface area contributed by atoms with Gasteiger partial charge in [0.15, 0.2) is 11.5 Å². The molecule has 0 aliphatic heterocycles. The van der Waals surface area contributed by atoms with E-state index in [1.807, 2.05) is 35.0 Å². The van der Waals surface area contributed by atoms with E-state index in [1.165, 1.54) is 6.07 Å². The highest BCUT2D eigenvalue weighted by atomic mass is 16.6. The number of hydrogen-bond acceptors (Lipinski definition) is 5. The first-order valence-corrected chi connectivity index (χ1v) is 7.89. The lowest BCUT2D eigenvalue weighted by atomic mass is 10.1. The third kappa shape index (κ3) is 2.41. The van der Waals surface area contributed by atoms with Gasteiger partial charge in [-0.3, -0.25) is 15.1 Å². The van der Waals surface area contributed by atoms with E-state index in [0.29, 0.717) is 11.5 Å². The molecular formula is C19H15N3O4. The van der Waals surface area contributed by atoms with Crippen LogP contribution < -0.4 is 9.47 Å². The number of hydrogen-bond donors (Lipinski definition) is 0. The van der Waals surface area contributed by atoms with Gasteiger partial charge in [0.1, 0.15) is 0 Å². The smallest absolute Gasteiger partial charge is 0.270 e. The molecule has 130 valence electrons. The van der Waals surface area contributed by atoms with Gasteiger partial charge in [-0.05, 0) is 24.3 Å². The summed E-state index contributed by atoms with van der Waals surface area (Å²) >= 11 is 0. The SMILES string of the molecule is COc1cc2nccc(-n3ccc4cc([N+](=O)[O-])ccc43)c2cc1OC. The van der Waals surface area contributed by atoms with Crippen LogP contribution in [0.3, 0.4) is 0 Å². The maximum Gasteiger partial charge on any atom is 0.270 e. The van der Waals surface area contributed by atoms with Crippen molar-refractivity contribution in [2.45, 2.75) is 0 Å². The van der Waals surface area contributed by atoms with Gasteiger partial charge in [0, 0.05) is 41.4 Å². The fourth-order valence-electron chi connectivity index (χ4n) is 3.12. The number of rotatable bonds is 4. The van der Waals surface area contributed by atoms with Crippen LogP contribution in [-0.4, -0.2) is 28.7 Å². The van der Waals surface area contributed by atoms with Gasteiger partial charge in [0.05, 0.1) is 35.9 Å². The van der Waals surface area contributed by atoms with E-state index in [1.54, 1.807) is 32.5 Å². The summed E-state index contributed by atoms with van der Waals surface area (Å²) in [7, 11) is 3.17. The van der Waals surface area contributed by atoms with E-state index in [4.69, 9.17) is 9.47 Å². The summed E-state index contributed by atoms with van der Waals surface area (Å²) in [6.07, 6.45) is 3.61. The van der Waals surface area contributed by atoms with Crippen molar-refractivity contribution in [3.8, 4) is 17.2 Å². The molecule has 0 saturated heterocycles. The van der Waals surface area contributed by atoms with Crippen LogP contribution in [0.1, 0.15) is 0 Å². The molecule has 2 aromatic carbocycles. The molecule has 7 nitrogen and oxygen atoms in total. The Morgan fingerprint density at radius 1 is 1.04 bits per heavy atom. The van der Waals surface area contributed by atoms with Crippen LogP contribution in [-0.2, 0) is 0 Å². The van der Waals surface area contributed by atoms with E-state index < -0.39 is 4.92 Å². The van der Waals surface area contributed by atoms with E-state index in [0.717, 1.165) is 27.5 Å². The highest BCUT2D eigenvalue weighted by molar-refractivity contribution is 5.93. The molecule has 0 atom stereocenters. The topological polar surface area (TPSA) is 79.4 Å². The summed E-state index contributed by atoms with van der Waals surface area (Å²) in [5.41, 5.74) is 2.61. The Morgan fingerprint density at radius 3 is 2.54 bits per heavy atom. The number of nitro groups is 1. The standard InChI is InChI=1S/C19H15N3O4/c1-25-18-10-14-15(11-19(18)26-2)20-7-5-17(14)21-8-6-12-9-13(22(23)24)3-4-16(12)21/h3-11H,1-2H3. The van der Waals surface area contributed by atoms with Crippen molar-refractivity contribution in [3.63, 3.8) is 0 Å². The molecule has 0 bridgehead atoms. The molecule has 7 heteroatoms. The van der Waals surface area contributed by atoms with E-state index in [-0.39, 0.29) is 5.69 Å². The Labute approximate surface area is 148 Å². The number of nitro benzene ring substituents is 1. The van der Waals surface area contributed by atoms with Crippen molar-refractivity contribution in [2.24, 2.45) is 0 Å². The summed E-state index contributed by atoms with van der Waals surface area (Å²) in [5.74, 6) is 1.22. The van der Waals surface area contributed by atoms with Crippen LogP contribution in [0.5, 0.6) is 11.5 Å². The molecule has 2 aromatic heterocycles. The molecular weight excluding hydrogens is 334 g/mol. The quantitative estimate of drug-likeness (QED) is 0.409. The summed E-state index contributed by atoms with van der Waals surface area (Å²) in [5, 5.41) is 12.7. The molecule has 2 heterocycles. The van der Waals surface area contributed by atoms with Crippen molar-refractivity contribution < 1.29 is 14.4 Å². The third-order valence-electron chi connectivity index (χ3n) is 4.37. The number of fused-ring (bicyclic) bond motifs is 2. The van der Waals surface area contributed by atoms with Gasteiger partial charge in [0.2, 0.25) is 0 Å². The molecule has 0 aliphatic carbocycles. The molecule has 0 amide bonds. The highest BCUT2D eigenvalue weighted by Crippen LogP contribution is 2.35. The Kier molecular flexibility index (Phi) is 3.69. The largest absolute Gasteiger partial charge is 0.493 e. The van der Waals surface area contributed by atoms with Gasteiger partial charge in [-0.25, -0.2) is 0 Å². The molecule has 4 aromatic rings. The number of benzene rings is 2. The number of pyridine rings is 1. The second kappa shape index (κ2) is 6.03. The number of ether oxygens (including phenoxy) is 2. The normalized spacial score (nSPS) is 11.0. The lowest BCUT2D eigenvalue weighted by Gasteiger charge is -2.13. The van der Waals surface area contributed by atoms with E-state index in [2.05, 4.69) is 4.98 Å². The van der Waals surface area contributed by atoms with Gasteiger partial charge in [-0.1, -0.05) is 0 Å². The van der Waals surface area contributed by atoms with Gasteiger partial charge >= 0.3 is 0 Å². The molecule has 0 fully saturated rings. The van der Waals surface area contributed by atoms with Gasteiger partial charge in [0.25, 0.3) is 5.69 Å². The predicted octanol–water partition coefficient (Wildman–Crippen LogP) is 4.10. The van der Waals surface area contributed by atoms with Crippen molar-refractivity contribution in [3.05, 3.63) is 65.0 Å². The van der Waals surface area contributed by atoms with Crippen LogP contribution in [0.15, 0.2) is 54.9 Å². The minimum absolute atomic E-state index is 0.0706. The Morgan fingerprint density at radius 2 is 1.81 bits per heavy atom. The number of non-ortho nitro benzene ring substituents is 1. The second-order valence-electron chi connectivity index (χ2n) is 5.74. The predicted molar refractivity (Wildman–Crippen MR) is 98.3 cm³/mol. The molecule has 4 rings (SSSR count). The van der Waals surface area contributed by atoms with Crippen LogP contribution in [0, 0.1) is 10.1 Å². The van der Waals surface area contributed by atoms with Crippen LogP contribution in [0.2, 0.25) is 0 Å². The highest BCUT2D eigenvalue weighted by Gasteiger charge is 2.14. The minimum atomic E-state index is -0.393. The molecule has 0 saturated carbocycles. The van der Waals surface area contributed by atoms with Crippen LogP contribution in [0.25, 0.3) is 27.5 Å². The first kappa shape index (κ1) is 15.9. The van der Waals surface area contributed by atoms with Crippen LogP contribution >= 0.6 is 0 Å². The molecule has 0 unspecified atom stereocenters. The molecule has 0 spiro atoms. The molecule has 0 N–H and O–H groups in total. The summed E-state index contributed by atoms with van der Waals surface area (Å²) < 4.78 is 12.7. The maximum atomic E-state index is 11.0. The van der Waals surface area contributed by atoms with Gasteiger partial charge < -0.3 is 14.0 Å². The van der Waals surface area contributed by atoms with E-state index >= 15 is 0 Å².